The number of nitrogens with one attached hydrogen (secondary N) is 2. The molecule has 2 rings (SSSR count). The van der Waals surface area contributed by atoms with Crippen molar-refractivity contribution in [2.75, 3.05) is 6.54 Å². The summed E-state index contributed by atoms with van der Waals surface area (Å²) in [5, 5.41) is 3.38. The van der Waals surface area contributed by atoms with Crippen molar-refractivity contribution in [2.45, 2.75) is 13.0 Å². The van der Waals surface area contributed by atoms with Crippen LogP contribution < -0.4 is 16.6 Å². The molecule has 1 aromatic heterocycles. The summed E-state index contributed by atoms with van der Waals surface area (Å²) >= 11 is 8.81. The highest BCUT2D eigenvalue weighted by atomic mass is 79.9. The monoisotopic (exact) mass is 385 g/mol. The summed E-state index contributed by atoms with van der Waals surface area (Å²) in [6, 6.07) is 7.35. The number of aromatic nitrogens is 2. The van der Waals surface area contributed by atoms with Crippen molar-refractivity contribution in [1.82, 2.24) is 14.9 Å². The summed E-state index contributed by atoms with van der Waals surface area (Å²) in [7, 11) is 0. The van der Waals surface area contributed by atoms with Crippen LogP contribution in [0, 0.1) is 0 Å². The van der Waals surface area contributed by atoms with Gasteiger partial charge in [-0.3, -0.25) is 19.1 Å². The van der Waals surface area contributed by atoms with Crippen LogP contribution in [0.1, 0.15) is 5.56 Å². The molecule has 0 saturated carbocycles. The molecule has 6 nitrogen and oxygen atoms in total. The Kier molecular flexibility index (Phi) is 5.57. The Hall–Kier alpha value is -1.86. The molecule has 2 N–H and O–H groups in total. The fourth-order valence-corrected chi connectivity index (χ4v) is 2.28. The van der Waals surface area contributed by atoms with E-state index in [4.69, 9.17) is 11.6 Å². The molecule has 0 radical (unpaired) electrons. The van der Waals surface area contributed by atoms with Crippen LogP contribution in [0.4, 0.5) is 0 Å². The second-order valence-corrected chi connectivity index (χ2v) is 5.88. The lowest BCUT2D eigenvalue weighted by Gasteiger charge is -2.07. The maximum Gasteiger partial charge on any atom is 0.328 e. The van der Waals surface area contributed by atoms with E-state index in [0.717, 1.165) is 10.1 Å². The number of amides is 1. The smallest absolute Gasteiger partial charge is 0.328 e. The van der Waals surface area contributed by atoms with Crippen LogP contribution in [0.3, 0.4) is 0 Å². The van der Waals surface area contributed by atoms with Crippen LogP contribution in [0.2, 0.25) is 5.02 Å². The maximum absolute atomic E-state index is 11.8. The SMILES string of the molecule is O=C(Cn1cc(Br)c(=O)[nH]c1=O)NCCc1ccc(Cl)cc1. The zero-order valence-corrected chi connectivity index (χ0v) is 13.8. The van der Waals surface area contributed by atoms with Crippen LogP contribution in [-0.2, 0) is 17.8 Å². The summed E-state index contributed by atoms with van der Waals surface area (Å²) in [5.74, 6) is -0.310. The standard InChI is InChI=1S/C14H13BrClN3O3/c15-11-7-19(14(22)18-13(11)21)8-12(20)17-6-5-9-1-3-10(16)4-2-9/h1-4,7H,5-6,8H2,(H,17,20)(H,18,21,22). The third kappa shape index (κ3) is 4.57. The van der Waals surface area contributed by atoms with E-state index >= 15 is 0 Å². The Balaban J connectivity index is 1.88. The van der Waals surface area contributed by atoms with Gasteiger partial charge in [0.25, 0.3) is 5.56 Å². The maximum atomic E-state index is 11.8. The van der Waals surface area contributed by atoms with Crippen molar-refractivity contribution in [2.24, 2.45) is 0 Å². The molecule has 1 aromatic carbocycles. The molecule has 0 aliphatic rings. The topological polar surface area (TPSA) is 84.0 Å². The molecule has 0 aliphatic heterocycles. The molecule has 0 saturated heterocycles. The van der Waals surface area contributed by atoms with Gasteiger partial charge in [0.1, 0.15) is 6.54 Å². The molecule has 0 unspecified atom stereocenters. The first-order valence-electron chi connectivity index (χ1n) is 6.46. The van der Waals surface area contributed by atoms with Gasteiger partial charge in [0.05, 0.1) is 4.47 Å². The number of halogens is 2. The third-order valence-electron chi connectivity index (χ3n) is 2.93. The van der Waals surface area contributed by atoms with E-state index in [1.54, 1.807) is 12.1 Å². The number of hydrogen-bond donors (Lipinski definition) is 2. The van der Waals surface area contributed by atoms with E-state index in [-0.39, 0.29) is 16.9 Å². The summed E-state index contributed by atoms with van der Waals surface area (Å²) in [4.78, 5) is 36.7. The Labute approximate surface area is 139 Å². The van der Waals surface area contributed by atoms with Crippen molar-refractivity contribution < 1.29 is 4.79 Å². The lowest BCUT2D eigenvalue weighted by Crippen LogP contribution is -2.36. The van der Waals surface area contributed by atoms with Gasteiger partial charge in [0.2, 0.25) is 5.91 Å². The summed E-state index contributed by atoms with van der Waals surface area (Å²) in [6.45, 7) is 0.286. The molecular formula is C14H13BrClN3O3. The molecule has 1 heterocycles. The Bertz CT molecular complexity index is 783. The van der Waals surface area contributed by atoms with E-state index < -0.39 is 11.2 Å². The van der Waals surface area contributed by atoms with Crippen molar-refractivity contribution in [3.05, 3.63) is 66.4 Å². The van der Waals surface area contributed by atoms with Gasteiger partial charge in [-0.1, -0.05) is 23.7 Å². The number of carbonyl (C=O) groups is 1. The van der Waals surface area contributed by atoms with E-state index in [0.29, 0.717) is 18.0 Å². The molecule has 2 aromatic rings. The van der Waals surface area contributed by atoms with E-state index in [9.17, 15) is 14.4 Å². The van der Waals surface area contributed by atoms with Gasteiger partial charge in [-0.25, -0.2) is 4.79 Å². The predicted octanol–water partition coefficient (Wildman–Crippen LogP) is 1.31. The fraction of sp³-hybridized carbons (Fsp3) is 0.214. The summed E-state index contributed by atoms with van der Waals surface area (Å²) < 4.78 is 1.32. The average molecular weight is 387 g/mol. The Morgan fingerprint density at radius 3 is 2.64 bits per heavy atom. The number of nitrogens with zero attached hydrogens (tertiary/aromatic N) is 1. The van der Waals surface area contributed by atoms with E-state index in [2.05, 4.69) is 26.2 Å². The normalized spacial score (nSPS) is 10.5. The van der Waals surface area contributed by atoms with Crippen LogP contribution in [-0.4, -0.2) is 22.0 Å². The van der Waals surface area contributed by atoms with Gasteiger partial charge in [0, 0.05) is 17.8 Å². The van der Waals surface area contributed by atoms with Gasteiger partial charge < -0.3 is 5.32 Å². The van der Waals surface area contributed by atoms with Crippen molar-refractivity contribution >= 4 is 33.4 Å². The third-order valence-corrected chi connectivity index (χ3v) is 3.75. The predicted molar refractivity (Wildman–Crippen MR) is 87.2 cm³/mol. The molecule has 0 bridgehead atoms. The van der Waals surface area contributed by atoms with Crippen LogP contribution in [0.15, 0.2) is 44.5 Å². The van der Waals surface area contributed by atoms with Gasteiger partial charge in [-0.05, 0) is 40.0 Å². The summed E-state index contributed by atoms with van der Waals surface area (Å²) in [5.41, 5.74) is -0.0981. The number of carbonyl (C=O) groups excluding carboxylic acids is 1. The van der Waals surface area contributed by atoms with Gasteiger partial charge >= 0.3 is 5.69 Å². The number of aromatic amines is 1. The molecule has 116 valence electrons. The van der Waals surface area contributed by atoms with Gasteiger partial charge in [-0.15, -0.1) is 0 Å². The molecule has 0 fully saturated rings. The molecular weight excluding hydrogens is 374 g/mol. The minimum absolute atomic E-state index is 0.158. The first-order chi connectivity index (χ1) is 10.5. The molecule has 0 aliphatic carbocycles. The van der Waals surface area contributed by atoms with Gasteiger partial charge in [-0.2, -0.15) is 0 Å². The van der Waals surface area contributed by atoms with Crippen molar-refractivity contribution in [3.63, 3.8) is 0 Å². The highest BCUT2D eigenvalue weighted by Crippen LogP contribution is 2.09. The van der Waals surface area contributed by atoms with Crippen molar-refractivity contribution in [1.29, 1.82) is 0 Å². The zero-order chi connectivity index (χ0) is 16.1. The van der Waals surface area contributed by atoms with E-state index in [1.807, 2.05) is 12.1 Å². The molecule has 0 spiro atoms. The summed E-state index contributed by atoms with van der Waals surface area (Å²) in [6.07, 6.45) is 1.95. The quantitative estimate of drug-likeness (QED) is 0.813. The molecule has 8 heteroatoms. The van der Waals surface area contributed by atoms with Crippen LogP contribution >= 0.6 is 27.5 Å². The highest BCUT2D eigenvalue weighted by Gasteiger charge is 2.07. The molecule has 0 atom stereocenters. The highest BCUT2D eigenvalue weighted by molar-refractivity contribution is 9.10. The lowest BCUT2D eigenvalue weighted by molar-refractivity contribution is -0.121. The Morgan fingerprint density at radius 2 is 1.95 bits per heavy atom. The van der Waals surface area contributed by atoms with Crippen molar-refractivity contribution in [3.8, 4) is 0 Å². The average Bonchev–Trinajstić information content (AvgIpc) is 2.47. The van der Waals surface area contributed by atoms with Gasteiger partial charge in [0.15, 0.2) is 0 Å². The minimum atomic E-state index is -0.624. The first kappa shape index (κ1) is 16.5. The van der Waals surface area contributed by atoms with E-state index in [1.165, 1.54) is 6.20 Å². The first-order valence-corrected chi connectivity index (χ1v) is 7.63. The minimum Gasteiger partial charge on any atom is -0.354 e. The molecule has 22 heavy (non-hydrogen) atoms. The fourth-order valence-electron chi connectivity index (χ4n) is 1.81. The number of H-pyrrole nitrogens is 1. The largest absolute Gasteiger partial charge is 0.354 e. The number of rotatable bonds is 5. The second-order valence-electron chi connectivity index (χ2n) is 4.59. The number of benzene rings is 1. The molecule has 1 amide bonds. The zero-order valence-electron chi connectivity index (χ0n) is 11.4. The lowest BCUT2D eigenvalue weighted by atomic mass is 10.1. The second kappa shape index (κ2) is 7.42. The Morgan fingerprint density at radius 1 is 1.27 bits per heavy atom. The van der Waals surface area contributed by atoms with Crippen LogP contribution in [0.25, 0.3) is 0 Å². The number of hydrogen-bond acceptors (Lipinski definition) is 3. The van der Waals surface area contributed by atoms with Crippen LogP contribution in [0.5, 0.6) is 0 Å².